The quantitative estimate of drug-likeness (QED) is 0.199. The summed E-state index contributed by atoms with van der Waals surface area (Å²) in [5.74, 6) is 0.282. The maximum Gasteiger partial charge on any atom is 0.355 e. The van der Waals surface area contributed by atoms with E-state index in [0.717, 1.165) is 73.8 Å². The minimum atomic E-state index is -1.00. The maximum absolute atomic E-state index is 11.1. The molecule has 0 atom stereocenters. The summed E-state index contributed by atoms with van der Waals surface area (Å²) in [7, 11) is 0. The van der Waals surface area contributed by atoms with Gasteiger partial charge in [-0.2, -0.15) is 0 Å². The molecule has 2 bridgehead atoms. The number of rotatable bonds is 9. The zero-order valence-corrected chi connectivity index (χ0v) is 25.1. The molecule has 216 valence electrons. The highest BCUT2D eigenvalue weighted by molar-refractivity contribution is 7.13. The minimum absolute atomic E-state index is 0.0838. The van der Waals surface area contributed by atoms with E-state index in [1.165, 1.54) is 11.3 Å². The third kappa shape index (κ3) is 5.30. The molecule has 4 saturated carbocycles. The molecule has 7 nitrogen and oxygen atoms in total. The molecular formula is C32H29Cl2N3O4S. The summed E-state index contributed by atoms with van der Waals surface area (Å²) in [5.41, 5.74) is 4.47. The second kappa shape index (κ2) is 10.9. The number of hydrogen-bond acceptors (Lipinski definition) is 7. The Morgan fingerprint density at radius 2 is 1.76 bits per heavy atom. The number of fused-ring (bicyclic) bond motifs is 3. The Bertz CT molecular complexity index is 1630. The Balaban J connectivity index is 1.02. The molecule has 10 heteroatoms. The van der Waals surface area contributed by atoms with Crippen molar-refractivity contribution in [3.05, 3.63) is 80.7 Å². The van der Waals surface area contributed by atoms with E-state index in [-0.39, 0.29) is 16.7 Å². The van der Waals surface area contributed by atoms with Crippen LogP contribution in [0.15, 0.2) is 52.6 Å². The zero-order valence-electron chi connectivity index (χ0n) is 22.8. The molecule has 0 saturated heterocycles. The number of pyridine rings is 1. The van der Waals surface area contributed by atoms with Crippen LogP contribution in [0.3, 0.4) is 0 Å². The van der Waals surface area contributed by atoms with Crippen molar-refractivity contribution >= 4 is 46.6 Å². The van der Waals surface area contributed by atoms with Gasteiger partial charge in [0, 0.05) is 40.4 Å². The van der Waals surface area contributed by atoms with Gasteiger partial charge in [0.1, 0.15) is 16.5 Å². The Morgan fingerprint density at radius 3 is 2.38 bits per heavy atom. The van der Waals surface area contributed by atoms with Crippen molar-refractivity contribution in [1.82, 2.24) is 15.1 Å². The molecular weight excluding hydrogens is 593 g/mol. The van der Waals surface area contributed by atoms with Gasteiger partial charge < -0.3 is 14.4 Å². The van der Waals surface area contributed by atoms with Crippen LogP contribution in [-0.2, 0) is 11.3 Å². The number of aromatic carboxylic acids is 1. The summed E-state index contributed by atoms with van der Waals surface area (Å²) >= 11 is 14.3. The van der Waals surface area contributed by atoms with E-state index in [9.17, 15) is 4.79 Å². The molecule has 3 aromatic heterocycles. The second-order valence-electron chi connectivity index (χ2n) is 11.8. The van der Waals surface area contributed by atoms with Crippen LogP contribution in [0.1, 0.15) is 84.7 Å². The first kappa shape index (κ1) is 27.8. The van der Waals surface area contributed by atoms with Crippen LogP contribution in [0, 0.1) is 5.41 Å². The molecule has 0 aliphatic heterocycles. The number of thiazole rings is 1. The highest BCUT2D eigenvalue weighted by Crippen LogP contribution is 2.55. The third-order valence-electron chi connectivity index (χ3n) is 9.13. The van der Waals surface area contributed by atoms with Crippen molar-refractivity contribution in [3.8, 4) is 21.8 Å². The van der Waals surface area contributed by atoms with E-state index in [1.54, 1.807) is 17.8 Å². The standard InChI is InChI=1S/C32H29Cl2N3O4S/c33-23-15-35-16-24(34)26(23)27-22(28(41-37-27)20-5-6-20)17-40-32-12-9-31(10-13-32,11-14-32)8-7-19-1-3-21(4-2-19)29-36-25(18-42-29)30(38)39/h1-4,7-8,15-16,18,20H,5-6,9-14,17H2,(H,38,39)/b8-7+. The molecule has 4 aromatic rings. The molecule has 0 unspecified atom stereocenters. The summed E-state index contributed by atoms with van der Waals surface area (Å²) in [5, 5.41) is 16.7. The second-order valence-corrected chi connectivity index (χ2v) is 13.4. The van der Waals surface area contributed by atoms with Gasteiger partial charge in [0.25, 0.3) is 0 Å². The molecule has 0 radical (unpaired) electrons. The van der Waals surface area contributed by atoms with E-state index in [4.69, 9.17) is 37.6 Å². The average molecular weight is 623 g/mol. The van der Waals surface area contributed by atoms with E-state index in [1.807, 2.05) is 12.1 Å². The lowest BCUT2D eigenvalue weighted by Gasteiger charge is -2.52. The molecule has 8 rings (SSSR count). The van der Waals surface area contributed by atoms with Crippen LogP contribution in [0.25, 0.3) is 27.9 Å². The lowest BCUT2D eigenvalue weighted by atomic mass is 9.58. The van der Waals surface area contributed by atoms with Crippen LogP contribution in [-0.4, -0.2) is 31.8 Å². The fourth-order valence-electron chi connectivity index (χ4n) is 6.35. The van der Waals surface area contributed by atoms with Crippen molar-refractivity contribution in [2.24, 2.45) is 5.41 Å². The van der Waals surface area contributed by atoms with E-state index in [0.29, 0.717) is 38.8 Å². The fourth-order valence-corrected chi connectivity index (χ4v) is 7.69. The van der Waals surface area contributed by atoms with Crippen molar-refractivity contribution in [2.75, 3.05) is 0 Å². The number of carboxylic acid groups (broad SMARTS) is 1. The molecule has 1 N–H and O–H groups in total. The summed E-state index contributed by atoms with van der Waals surface area (Å²) in [6.45, 7) is 0.432. The van der Waals surface area contributed by atoms with Gasteiger partial charge in [0.15, 0.2) is 5.69 Å². The molecule has 0 amide bonds. The van der Waals surface area contributed by atoms with Gasteiger partial charge in [-0.15, -0.1) is 11.3 Å². The van der Waals surface area contributed by atoms with Gasteiger partial charge in [-0.3, -0.25) is 4.98 Å². The predicted octanol–water partition coefficient (Wildman–Crippen LogP) is 9.07. The summed E-state index contributed by atoms with van der Waals surface area (Å²) in [6.07, 6.45) is 16.3. The van der Waals surface area contributed by atoms with Crippen molar-refractivity contribution < 1.29 is 19.2 Å². The van der Waals surface area contributed by atoms with Gasteiger partial charge in [-0.25, -0.2) is 9.78 Å². The number of carbonyl (C=O) groups is 1. The fraction of sp³-hybridized carbons (Fsp3) is 0.375. The lowest BCUT2D eigenvalue weighted by Crippen LogP contribution is -2.46. The highest BCUT2D eigenvalue weighted by atomic mass is 35.5. The molecule has 4 fully saturated rings. The Kier molecular flexibility index (Phi) is 7.21. The van der Waals surface area contributed by atoms with Gasteiger partial charge >= 0.3 is 5.97 Å². The van der Waals surface area contributed by atoms with Gasteiger partial charge in [0.05, 0.1) is 22.3 Å². The first-order chi connectivity index (χ1) is 20.3. The number of carboxylic acids is 1. The van der Waals surface area contributed by atoms with E-state index < -0.39 is 5.97 Å². The zero-order chi connectivity index (χ0) is 28.9. The Morgan fingerprint density at radius 1 is 1.07 bits per heavy atom. The van der Waals surface area contributed by atoms with Crippen LogP contribution < -0.4 is 0 Å². The normalized spacial score (nSPS) is 23.6. The number of allylic oxidation sites excluding steroid dienone is 1. The number of aromatic nitrogens is 3. The molecule has 0 spiro atoms. The summed E-state index contributed by atoms with van der Waals surface area (Å²) in [4.78, 5) is 19.4. The smallest absolute Gasteiger partial charge is 0.355 e. The number of nitrogens with zero attached hydrogens (tertiary/aromatic N) is 3. The number of ether oxygens (including phenoxy) is 1. The Hall–Kier alpha value is -3.04. The Labute approximate surface area is 257 Å². The van der Waals surface area contributed by atoms with E-state index >= 15 is 0 Å². The molecule has 1 aromatic carbocycles. The first-order valence-electron chi connectivity index (χ1n) is 14.2. The highest BCUT2D eigenvalue weighted by Gasteiger charge is 2.48. The lowest BCUT2D eigenvalue weighted by molar-refractivity contribution is -0.133. The van der Waals surface area contributed by atoms with Crippen molar-refractivity contribution in [2.45, 2.75) is 69.5 Å². The SMILES string of the molecule is O=C(O)c1csc(-c2ccc(/C=C/C34CCC(OCc5c(-c6c(Cl)cncc6Cl)noc5C5CC5)(CC3)CC4)cc2)n1. The summed E-state index contributed by atoms with van der Waals surface area (Å²) < 4.78 is 12.6. The van der Waals surface area contributed by atoms with E-state index in [2.05, 4.69) is 39.4 Å². The predicted molar refractivity (Wildman–Crippen MR) is 163 cm³/mol. The molecule has 42 heavy (non-hydrogen) atoms. The van der Waals surface area contributed by atoms with Crippen molar-refractivity contribution in [1.29, 1.82) is 0 Å². The monoisotopic (exact) mass is 621 g/mol. The topological polar surface area (TPSA) is 98.3 Å². The number of halogens is 2. The van der Waals surface area contributed by atoms with Gasteiger partial charge in [-0.05, 0) is 62.3 Å². The maximum atomic E-state index is 11.1. The van der Waals surface area contributed by atoms with Gasteiger partial charge in [0.2, 0.25) is 0 Å². The summed E-state index contributed by atoms with van der Waals surface area (Å²) in [6, 6.07) is 8.14. The van der Waals surface area contributed by atoms with Crippen molar-refractivity contribution in [3.63, 3.8) is 0 Å². The van der Waals surface area contributed by atoms with Crippen LogP contribution in [0.4, 0.5) is 0 Å². The number of benzene rings is 1. The average Bonchev–Trinajstić information content (AvgIpc) is 3.56. The first-order valence-corrected chi connectivity index (χ1v) is 15.9. The third-order valence-corrected chi connectivity index (χ3v) is 10.6. The molecule has 4 aliphatic rings. The van der Waals surface area contributed by atoms with Crippen LogP contribution in [0.5, 0.6) is 0 Å². The minimum Gasteiger partial charge on any atom is -0.476 e. The van der Waals surface area contributed by atoms with Crippen LogP contribution in [0.2, 0.25) is 10.0 Å². The largest absolute Gasteiger partial charge is 0.476 e. The molecule has 4 aliphatic carbocycles. The van der Waals surface area contributed by atoms with Gasteiger partial charge in [-0.1, -0.05) is 64.8 Å². The molecule has 3 heterocycles. The number of hydrogen-bond donors (Lipinski definition) is 1. The van der Waals surface area contributed by atoms with Crippen LogP contribution >= 0.6 is 34.5 Å².